The minimum Gasteiger partial charge on any atom is -0.488 e. The van der Waals surface area contributed by atoms with E-state index in [1.807, 2.05) is 66.9 Å². The van der Waals surface area contributed by atoms with Gasteiger partial charge in [0.25, 0.3) is 0 Å². The number of benzene rings is 3. The maximum Gasteiger partial charge on any atom is 0.134 e. The van der Waals surface area contributed by atoms with E-state index in [9.17, 15) is 5.26 Å². The van der Waals surface area contributed by atoms with Crippen molar-refractivity contribution in [1.82, 2.24) is 4.90 Å². The molecule has 0 N–H and O–H groups in total. The van der Waals surface area contributed by atoms with Crippen molar-refractivity contribution in [3.8, 4) is 11.8 Å². The highest BCUT2D eigenvalue weighted by molar-refractivity contribution is 7.16. The van der Waals surface area contributed by atoms with Gasteiger partial charge in [-0.1, -0.05) is 72.8 Å². The molecule has 0 radical (unpaired) electrons. The van der Waals surface area contributed by atoms with Crippen molar-refractivity contribution in [1.29, 1.82) is 5.26 Å². The zero-order valence-corrected chi connectivity index (χ0v) is 19.7. The highest BCUT2D eigenvalue weighted by Gasteiger charge is 2.24. The summed E-state index contributed by atoms with van der Waals surface area (Å²) in [6.07, 6.45) is 2.70. The summed E-state index contributed by atoms with van der Waals surface area (Å²) in [6.45, 7) is 3.23. The number of thiophene rings is 1. The first-order chi connectivity index (χ1) is 16.8. The molecule has 4 aromatic rings. The molecule has 0 saturated carbocycles. The number of aliphatic imine (C=N–C) groups is 1. The van der Waals surface area contributed by atoms with Crippen LogP contribution < -0.4 is 4.74 Å². The molecular weight excluding hydrogens is 438 g/mol. The number of para-hydroxylation sites is 1. The van der Waals surface area contributed by atoms with Crippen LogP contribution in [0, 0.1) is 11.3 Å². The van der Waals surface area contributed by atoms with Gasteiger partial charge in [-0.05, 0) is 35.2 Å². The number of ether oxygens (including phenoxy) is 1. The van der Waals surface area contributed by atoms with Crippen molar-refractivity contribution >= 4 is 22.6 Å². The maximum atomic E-state index is 9.87. The molecule has 0 aliphatic carbocycles. The number of nitriles is 1. The van der Waals surface area contributed by atoms with Crippen molar-refractivity contribution in [2.75, 3.05) is 6.54 Å². The van der Waals surface area contributed by atoms with Gasteiger partial charge in [0.1, 0.15) is 23.4 Å². The van der Waals surface area contributed by atoms with Crippen molar-refractivity contribution in [3.05, 3.63) is 118 Å². The third kappa shape index (κ3) is 5.09. The molecule has 0 saturated heterocycles. The van der Waals surface area contributed by atoms with Crippen molar-refractivity contribution in [2.24, 2.45) is 4.99 Å². The molecule has 1 aromatic heterocycles. The van der Waals surface area contributed by atoms with Crippen molar-refractivity contribution in [3.63, 3.8) is 0 Å². The van der Waals surface area contributed by atoms with E-state index in [-0.39, 0.29) is 0 Å². The standard InChI is InChI=1S/C29H25N3OS/c30-17-26-25-15-16-32(19-22-9-3-1-4-10-22)20-28(25)34-29(26)31-18-24-13-7-8-14-27(24)33-21-23-11-5-2-6-12-23/h1-14,18H,15-16,19-21H2. The van der Waals surface area contributed by atoms with Crippen LogP contribution in [-0.4, -0.2) is 17.7 Å². The lowest BCUT2D eigenvalue weighted by Crippen LogP contribution is -2.29. The Bertz CT molecular complexity index is 1320. The van der Waals surface area contributed by atoms with E-state index in [0.29, 0.717) is 6.61 Å². The average Bonchev–Trinajstić information content (AvgIpc) is 3.24. The van der Waals surface area contributed by atoms with Crippen LogP contribution in [0.5, 0.6) is 5.75 Å². The summed E-state index contributed by atoms with van der Waals surface area (Å²) >= 11 is 1.63. The van der Waals surface area contributed by atoms with Gasteiger partial charge in [-0.2, -0.15) is 5.26 Å². The van der Waals surface area contributed by atoms with Gasteiger partial charge in [0.05, 0.1) is 5.56 Å². The highest BCUT2D eigenvalue weighted by Crippen LogP contribution is 2.39. The van der Waals surface area contributed by atoms with Gasteiger partial charge in [-0.25, -0.2) is 4.99 Å². The second kappa shape index (κ2) is 10.5. The Labute approximate surface area is 204 Å². The van der Waals surface area contributed by atoms with Crippen molar-refractivity contribution in [2.45, 2.75) is 26.1 Å². The Morgan fingerprint density at radius 2 is 1.65 bits per heavy atom. The van der Waals surface area contributed by atoms with Gasteiger partial charge >= 0.3 is 0 Å². The number of hydrogen-bond donors (Lipinski definition) is 0. The molecule has 0 amide bonds. The topological polar surface area (TPSA) is 48.6 Å². The van der Waals surface area contributed by atoms with Gasteiger partial charge in [-0.3, -0.25) is 4.90 Å². The Hall–Kier alpha value is -3.72. The predicted octanol–water partition coefficient (Wildman–Crippen LogP) is 6.51. The minimum absolute atomic E-state index is 0.500. The molecule has 0 fully saturated rings. The van der Waals surface area contributed by atoms with Gasteiger partial charge in [-0.15, -0.1) is 11.3 Å². The molecule has 1 aliphatic heterocycles. The summed E-state index contributed by atoms with van der Waals surface area (Å²) in [7, 11) is 0. The summed E-state index contributed by atoms with van der Waals surface area (Å²) in [5, 5.41) is 10.7. The third-order valence-corrected chi connectivity index (χ3v) is 7.08. The molecular formula is C29H25N3OS. The molecule has 5 rings (SSSR count). The third-order valence-electron chi connectivity index (χ3n) is 5.96. The number of hydrogen-bond acceptors (Lipinski definition) is 5. The lowest BCUT2D eigenvalue weighted by Gasteiger charge is -2.26. The first-order valence-electron chi connectivity index (χ1n) is 11.4. The van der Waals surface area contributed by atoms with E-state index >= 15 is 0 Å². The van der Waals surface area contributed by atoms with Crippen LogP contribution in [0.15, 0.2) is 89.9 Å². The number of fused-ring (bicyclic) bond motifs is 1. The first kappa shape index (κ1) is 22.1. The fourth-order valence-corrected chi connectivity index (χ4v) is 5.39. The lowest BCUT2D eigenvalue weighted by molar-refractivity contribution is 0.249. The fraction of sp³-hybridized carbons (Fsp3) is 0.172. The molecule has 2 heterocycles. The minimum atomic E-state index is 0.500. The monoisotopic (exact) mass is 463 g/mol. The van der Waals surface area contributed by atoms with Gasteiger partial charge < -0.3 is 4.74 Å². The fourth-order valence-electron chi connectivity index (χ4n) is 4.21. The predicted molar refractivity (Wildman–Crippen MR) is 138 cm³/mol. The Balaban J connectivity index is 1.33. The van der Waals surface area contributed by atoms with E-state index < -0.39 is 0 Å². The second-order valence-corrected chi connectivity index (χ2v) is 9.40. The summed E-state index contributed by atoms with van der Waals surface area (Å²) in [4.78, 5) is 8.44. The zero-order chi connectivity index (χ0) is 23.2. The van der Waals surface area contributed by atoms with Crippen LogP contribution in [0.1, 0.15) is 32.7 Å². The van der Waals surface area contributed by atoms with Gasteiger partial charge in [0.15, 0.2) is 0 Å². The van der Waals surface area contributed by atoms with Crippen LogP contribution >= 0.6 is 11.3 Å². The maximum absolute atomic E-state index is 9.87. The normalized spacial score (nSPS) is 13.5. The summed E-state index contributed by atoms with van der Waals surface area (Å²) < 4.78 is 6.06. The van der Waals surface area contributed by atoms with Crippen LogP contribution in [0.3, 0.4) is 0 Å². The van der Waals surface area contributed by atoms with E-state index in [4.69, 9.17) is 9.73 Å². The zero-order valence-electron chi connectivity index (χ0n) is 18.9. The van der Waals surface area contributed by atoms with Crippen LogP contribution in [0.2, 0.25) is 0 Å². The van der Waals surface area contributed by atoms with Gasteiger partial charge in [0.2, 0.25) is 0 Å². The SMILES string of the molecule is N#Cc1c(N=Cc2ccccc2OCc2ccccc2)sc2c1CCN(Cc1ccccc1)C2. The smallest absolute Gasteiger partial charge is 0.134 e. The highest BCUT2D eigenvalue weighted by atomic mass is 32.1. The van der Waals surface area contributed by atoms with E-state index in [1.165, 1.54) is 10.4 Å². The Kier molecular flexibility index (Phi) is 6.81. The molecule has 1 aliphatic rings. The Morgan fingerprint density at radius 1 is 0.941 bits per heavy atom. The molecule has 0 bridgehead atoms. The largest absolute Gasteiger partial charge is 0.488 e. The number of nitrogens with zero attached hydrogens (tertiary/aromatic N) is 3. The lowest BCUT2D eigenvalue weighted by atomic mass is 10.0. The van der Waals surface area contributed by atoms with E-state index in [0.717, 1.165) is 59.1 Å². The summed E-state index contributed by atoms with van der Waals surface area (Å²) in [6, 6.07) is 30.9. The quantitative estimate of drug-likeness (QED) is 0.294. The van der Waals surface area contributed by atoms with Gasteiger partial charge in [0, 0.05) is 36.3 Å². The summed E-state index contributed by atoms with van der Waals surface area (Å²) in [5.74, 6) is 0.781. The second-order valence-electron chi connectivity index (χ2n) is 8.31. The summed E-state index contributed by atoms with van der Waals surface area (Å²) in [5.41, 5.74) is 5.22. The number of rotatable bonds is 7. The molecule has 0 atom stereocenters. The average molecular weight is 464 g/mol. The van der Waals surface area contributed by atoms with Crippen molar-refractivity contribution < 1.29 is 4.74 Å². The van der Waals surface area contributed by atoms with E-state index in [2.05, 4.69) is 35.2 Å². The molecule has 0 unspecified atom stereocenters. The first-order valence-corrected chi connectivity index (χ1v) is 12.2. The molecule has 0 spiro atoms. The molecule has 3 aromatic carbocycles. The van der Waals surface area contributed by atoms with Crippen LogP contribution in [-0.2, 0) is 26.1 Å². The Morgan fingerprint density at radius 3 is 2.41 bits per heavy atom. The van der Waals surface area contributed by atoms with E-state index in [1.54, 1.807) is 11.3 Å². The molecule has 4 nitrogen and oxygen atoms in total. The molecule has 34 heavy (non-hydrogen) atoms. The molecule has 168 valence electrons. The molecule has 5 heteroatoms. The van der Waals surface area contributed by atoms with Crippen LogP contribution in [0.4, 0.5) is 5.00 Å². The van der Waals surface area contributed by atoms with Crippen LogP contribution in [0.25, 0.3) is 0 Å².